The van der Waals surface area contributed by atoms with Crippen LogP contribution < -0.4 is 20.8 Å². The van der Waals surface area contributed by atoms with Crippen molar-refractivity contribution in [2.24, 2.45) is 0 Å². The average Bonchev–Trinajstić information content (AvgIpc) is 3.28. The van der Waals surface area contributed by atoms with Crippen LogP contribution in [-0.2, 0) is 0 Å². The zero-order chi connectivity index (χ0) is 24.9. The molecule has 0 atom stereocenters. The van der Waals surface area contributed by atoms with Crippen LogP contribution in [0, 0.1) is 0 Å². The van der Waals surface area contributed by atoms with Gasteiger partial charge in [-0.05, 0) is 47.9 Å². The molecule has 0 aliphatic carbocycles. The molecule has 0 saturated heterocycles. The van der Waals surface area contributed by atoms with Gasteiger partial charge in [-0.15, -0.1) is 0 Å². The highest BCUT2D eigenvalue weighted by atomic mass is 16.5. The standard InChI is InChI=1S/C27H22BN5O3/c28-22-17-31-33-25(16-23(32-26(22)33)21-11-4-5-12-24(21)34)29-13-14-30-27(35)18-7-6-10-20(15-18)36-19-8-2-1-3-9-19/h1-12,15-17,29,34H,13-14H2,(H,30,35). The fourth-order valence-corrected chi connectivity index (χ4v) is 3.73. The van der Waals surface area contributed by atoms with Crippen LogP contribution in [0.3, 0.4) is 0 Å². The molecule has 8 nitrogen and oxygen atoms in total. The topological polar surface area (TPSA) is 101 Å². The van der Waals surface area contributed by atoms with Crippen LogP contribution in [0.2, 0.25) is 0 Å². The SMILES string of the molecule is [B]c1cnn2c(NCCNC(=O)c3cccc(Oc4ccccc4)c3)cc(-c3ccccc3O)nc12. The van der Waals surface area contributed by atoms with Crippen molar-refractivity contribution in [3.05, 3.63) is 96.7 Å². The summed E-state index contributed by atoms with van der Waals surface area (Å²) < 4.78 is 7.40. The molecule has 0 spiro atoms. The Morgan fingerprint density at radius 3 is 2.56 bits per heavy atom. The number of amides is 1. The molecule has 0 saturated carbocycles. The lowest BCUT2D eigenvalue weighted by molar-refractivity contribution is 0.0955. The summed E-state index contributed by atoms with van der Waals surface area (Å²) in [7, 11) is 6.05. The lowest BCUT2D eigenvalue weighted by Crippen LogP contribution is -2.29. The van der Waals surface area contributed by atoms with Crippen molar-refractivity contribution in [3.63, 3.8) is 0 Å². The molecule has 5 aromatic rings. The van der Waals surface area contributed by atoms with Gasteiger partial charge in [0, 0.05) is 36.5 Å². The van der Waals surface area contributed by atoms with Gasteiger partial charge in [-0.3, -0.25) is 4.79 Å². The number of hydrogen-bond acceptors (Lipinski definition) is 6. The number of benzene rings is 3. The molecule has 3 aromatic carbocycles. The maximum atomic E-state index is 12.7. The Labute approximate surface area is 209 Å². The summed E-state index contributed by atoms with van der Waals surface area (Å²) in [4.78, 5) is 17.2. The molecule has 0 bridgehead atoms. The minimum absolute atomic E-state index is 0.115. The quantitative estimate of drug-likeness (QED) is 0.235. The molecule has 0 fully saturated rings. The van der Waals surface area contributed by atoms with Gasteiger partial charge in [0.15, 0.2) is 5.65 Å². The van der Waals surface area contributed by atoms with Gasteiger partial charge in [0.2, 0.25) is 0 Å². The number of rotatable bonds is 8. The van der Waals surface area contributed by atoms with Gasteiger partial charge in [-0.2, -0.15) is 9.61 Å². The first-order valence-corrected chi connectivity index (χ1v) is 11.4. The van der Waals surface area contributed by atoms with Crippen molar-refractivity contribution >= 4 is 30.7 Å². The number of carbonyl (C=O) groups is 1. The van der Waals surface area contributed by atoms with E-state index >= 15 is 0 Å². The molecule has 176 valence electrons. The highest BCUT2D eigenvalue weighted by Crippen LogP contribution is 2.29. The van der Waals surface area contributed by atoms with Crippen molar-refractivity contribution in [1.82, 2.24) is 19.9 Å². The van der Waals surface area contributed by atoms with E-state index in [2.05, 4.69) is 20.7 Å². The first kappa shape index (κ1) is 23.0. The number of para-hydroxylation sites is 2. The van der Waals surface area contributed by atoms with E-state index in [1.165, 1.54) is 6.20 Å². The Bertz CT molecular complexity index is 1520. The fraction of sp³-hybridized carbons (Fsp3) is 0.0741. The maximum Gasteiger partial charge on any atom is 0.251 e. The van der Waals surface area contributed by atoms with Gasteiger partial charge in [0.05, 0.1) is 5.69 Å². The molecule has 9 heteroatoms. The highest BCUT2D eigenvalue weighted by Gasteiger charge is 2.13. The van der Waals surface area contributed by atoms with Gasteiger partial charge in [-0.1, -0.05) is 36.4 Å². The highest BCUT2D eigenvalue weighted by molar-refractivity contribution is 6.36. The van der Waals surface area contributed by atoms with Crippen molar-refractivity contribution in [2.45, 2.75) is 0 Å². The Morgan fingerprint density at radius 1 is 0.944 bits per heavy atom. The summed E-state index contributed by atoms with van der Waals surface area (Å²) in [5.41, 5.74) is 2.51. The number of aromatic nitrogens is 3. The Morgan fingerprint density at radius 2 is 1.72 bits per heavy atom. The molecule has 2 radical (unpaired) electrons. The second kappa shape index (κ2) is 10.2. The molecule has 0 unspecified atom stereocenters. The zero-order valence-corrected chi connectivity index (χ0v) is 19.3. The summed E-state index contributed by atoms with van der Waals surface area (Å²) >= 11 is 0. The predicted octanol–water partition coefficient (Wildman–Crippen LogP) is 3.53. The third kappa shape index (κ3) is 5.00. The minimum Gasteiger partial charge on any atom is -0.507 e. The smallest absolute Gasteiger partial charge is 0.251 e. The van der Waals surface area contributed by atoms with Crippen molar-refractivity contribution in [3.8, 4) is 28.5 Å². The van der Waals surface area contributed by atoms with Gasteiger partial charge in [-0.25, -0.2) is 4.98 Å². The van der Waals surface area contributed by atoms with Crippen LogP contribution in [0.15, 0.2) is 91.1 Å². The van der Waals surface area contributed by atoms with E-state index < -0.39 is 0 Å². The van der Waals surface area contributed by atoms with E-state index in [4.69, 9.17) is 12.6 Å². The van der Waals surface area contributed by atoms with E-state index in [1.54, 1.807) is 53.0 Å². The van der Waals surface area contributed by atoms with E-state index in [0.29, 0.717) is 58.3 Å². The molecule has 0 aliphatic rings. The largest absolute Gasteiger partial charge is 0.507 e. The number of nitrogens with one attached hydrogen (secondary N) is 2. The average molecular weight is 475 g/mol. The summed E-state index contributed by atoms with van der Waals surface area (Å²) in [6.45, 7) is 0.778. The first-order chi connectivity index (χ1) is 17.6. The van der Waals surface area contributed by atoms with Gasteiger partial charge in [0.1, 0.15) is 30.9 Å². The number of carbonyl (C=O) groups excluding carboxylic acids is 1. The third-order valence-electron chi connectivity index (χ3n) is 5.47. The summed E-state index contributed by atoms with van der Waals surface area (Å²) in [5.74, 6) is 1.81. The van der Waals surface area contributed by atoms with Gasteiger partial charge < -0.3 is 20.5 Å². The normalized spacial score (nSPS) is 10.8. The molecule has 36 heavy (non-hydrogen) atoms. The molecule has 5 rings (SSSR count). The molecule has 0 aliphatic heterocycles. The molecule has 2 aromatic heterocycles. The number of ether oxygens (including phenoxy) is 1. The minimum atomic E-state index is -0.214. The van der Waals surface area contributed by atoms with Gasteiger partial charge >= 0.3 is 0 Å². The third-order valence-corrected chi connectivity index (χ3v) is 5.47. The Hall–Kier alpha value is -4.79. The summed E-state index contributed by atoms with van der Waals surface area (Å²) in [5, 5.41) is 20.7. The van der Waals surface area contributed by atoms with Crippen LogP contribution in [0.4, 0.5) is 5.82 Å². The Kier molecular flexibility index (Phi) is 6.53. The molecular formula is C27H22BN5O3. The van der Waals surface area contributed by atoms with Crippen molar-refractivity contribution in [1.29, 1.82) is 0 Å². The maximum absolute atomic E-state index is 12.7. The second-order valence-electron chi connectivity index (χ2n) is 8.00. The first-order valence-electron chi connectivity index (χ1n) is 11.4. The number of nitrogens with zero attached hydrogens (tertiary/aromatic N) is 3. The summed E-state index contributed by atoms with van der Waals surface area (Å²) in [6.07, 6.45) is 1.52. The van der Waals surface area contributed by atoms with Crippen LogP contribution >= 0.6 is 0 Å². The number of hydrogen-bond donors (Lipinski definition) is 3. The van der Waals surface area contributed by atoms with Crippen LogP contribution in [0.25, 0.3) is 16.9 Å². The molecular weight excluding hydrogens is 453 g/mol. The van der Waals surface area contributed by atoms with E-state index in [-0.39, 0.29) is 11.7 Å². The number of phenolic OH excluding ortho intramolecular Hbond substituents is 1. The van der Waals surface area contributed by atoms with E-state index in [1.807, 2.05) is 36.4 Å². The summed E-state index contributed by atoms with van der Waals surface area (Å²) in [6, 6.07) is 25.1. The van der Waals surface area contributed by atoms with Crippen LogP contribution in [0.1, 0.15) is 10.4 Å². The van der Waals surface area contributed by atoms with Crippen molar-refractivity contribution in [2.75, 3.05) is 18.4 Å². The molecule has 1 amide bonds. The fourth-order valence-electron chi connectivity index (χ4n) is 3.73. The van der Waals surface area contributed by atoms with Crippen LogP contribution in [-0.4, -0.2) is 46.5 Å². The number of fused-ring (bicyclic) bond motifs is 1. The number of anilines is 1. The monoisotopic (exact) mass is 475 g/mol. The van der Waals surface area contributed by atoms with E-state index in [0.717, 1.165) is 0 Å². The predicted molar refractivity (Wildman–Crippen MR) is 139 cm³/mol. The lowest BCUT2D eigenvalue weighted by Gasteiger charge is -2.12. The van der Waals surface area contributed by atoms with E-state index in [9.17, 15) is 9.90 Å². The zero-order valence-electron chi connectivity index (χ0n) is 19.3. The lowest BCUT2D eigenvalue weighted by atomic mass is 10.0. The Balaban J connectivity index is 1.25. The van der Waals surface area contributed by atoms with Crippen LogP contribution in [0.5, 0.6) is 17.2 Å². The number of aromatic hydroxyl groups is 1. The molecule has 3 N–H and O–H groups in total. The van der Waals surface area contributed by atoms with Crippen molar-refractivity contribution < 1.29 is 14.6 Å². The molecule has 2 heterocycles. The van der Waals surface area contributed by atoms with Gasteiger partial charge in [0.25, 0.3) is 5.91 Å². The number of phenols is 1. The second-order valence-corrected chi connectivity index (χ2v) is 8.00.